The predicted octanol–water partition coefficient (Wildman–Crippen LogP) is 3.36. The van der Waals surface area contributed by atoms with Crippen LogP contribution in [0.4, 0.5) is 5.13 Å². The van der Waals surface area contributed by atoms with E-state index in [9.17, 15) is 0 Å². The van der Waals surface area contributed by atoms with Crippen molar-refractivity contribution in [3.05, 3.63) is 48.7 Å². The second-order valence-corrected chi connectivity index (χ2v) is 7.64. The van der Waals surface area contributed by atoms with Gasteiger partial charge in [0.2, 0.25) is 10.1 Å². The summed E-state index contributed by atoms with van der Waals surface area (Å²) in [5.41, 5.74) is 2.15. The number of aromatic nitrogens is 3. The SMILES string of the molecule is c1ccc2cc(-c3cnc4sc(NCCN5CCOCC5)nn34)ccc2c1. The molecule has 1 aliphatic rings. The van der Waals surface area contributed by atoms with E-state index in [1.807, 2.05) is 10.7 Å². The van der Waals surface area contributed by atoms with Gasteiger partial charge in [0.05, 0.1) is 25.1 Å². The van der Waals surface area contributed by atoms with E-state index in [-0.39, 0.29) is 0 Å². The lowest BCUT2D eigenvalue weighted by molar-refractivity contribution is 0.0398. The fourth-order valence-electron chi connectivity index (χ4n) is 3.46. The minimum atomic E-state index is 0.834. The highest BCUT2D eigenvalue weighted by molar-refractivity contribution is 7.20. The van der Waals surface area contributed by atoms with Crippen molar-refractivity contribution in [2.24, 2.45) is 0 Å². The number of morpholine rings is 1. The molecule has 0 saturated carbocycles. The quantitative estimate of drug-likeness (QED) is 0.576. The highest BCUT2D eigenvalue weighted by Crippen LogP contribution is 2.28. The van der Waals surface area contributed by atoms with Gasteiger partial charge < -0.3 is 10.1 Å². The lowest BCUT2D eigenvalue weighted by Crippen LogP contribution is -2.39. The van der Waals surface area contributed by atoms with Gasteiger partial charge in [-0.2, -0.15) is 0 Å². The van der Waals surface area contributed by atoms with Crippen LogP contribution in [0.25, 0.3) is 27.0 Å². The molecule has 0 radical (unpaired) electrons. The first-order valence-corrected chi connectivity index (χ1v) is 10.1. The number of nitrogens with zero attached hydrogens (tertiary/aromatic N) is 4. The second-order valence-electron chi connectivity index (χ2n) is 6.69. The highest BCUT2D eigenvalue weighted by Gasteiger charge is 2.13. The zero-order valence-corrected chi connectivity index (χ0v) is 15.8. The van der Waals surface area contributed by atoms with Gasteiger partial charge in [-0.05, 0) is 16.8 Å². The molecule has 0 amide bonds. The molecule has 2 aromatic carbocycles. The van der Waals surface area contributed by atoms with Crippen molar-refractivity contribution in [1.29, 1.82) is 0 Å². The minimum Gasteiger partial charge on any atom is -0.379 e. The summed E-state index contributed by atoms with van der Waals surface area (Å²) in [4.78, 5) is 7.87. The number of benzene rings is 2. The molecule has 0 spiro atoms. The van der Waals surface area contributed by atoms with Crippen LogP contribution in [0.1, 0.15) is 0 Å². The van der Waals surface area contributed by atoms with E-state index in [1.165, 1.54) is 10.8 Å². The summed E-state index contributed by atoms with van der Waals surface area (Å²) in [5, 5.41) is 11.5. The Hall–Kier alpha value is -2.48. The second kappa shape index (κ2) is 7.26. The van der Waals surface area contributed by atoms with Gasteiger partial charge in [0.1, 0.15) is 0 Å². The maximum Gasteiger partial charge on any atom is 0.214 e. The van der Waals surface area contributed by atoms with Crippen molar-refractivity contribution < 1.29 is 4.74 Å². The summed E-state index contributed by atoms with van der Waals surface area (Å²) in [6.45, 7) is 5.56. The molecule has 6 nitrogen and oxygen atoms in total. The number of rotatable bonds is 5. The van der Waals surface area contributed by atoms with Crippen LogP contribution in [0.2, 0.25) is 0 Å². The third kappa shape index (κ3) is 3.41. The molecule has 4 aromatic rings. The van der Waals surface area contributed by atoms with Gasteiger partial charge in [-0.25, -0.2) is 9.50 Å². The van der Waals surface area contributed by atoms with E-state index in [0.717, 1.165) is 60.7 Å². The smallest absolute Gasteiger partial charge is 0.214 e. The van der Waals surface area contributed by atoms with Crippen LogP contribution < -0.4 is 5.32 Å². The summed E-state index contributed by atoms with van der Waals surface area (Å²) in [5.74, 6) is 0. The van der Waals surface area contributed by atoms with E-state index in [2.05, 4.69) is 57.7 Å². The number of hydrogen-bond acceptors (Lipinski definition) is 6. The molecule has 7 heteroatoms. The van der Waals surface area contributed by atoms with Crippen molar-refractivity contribution in [3.8, 4) is 11.3 Å². The Labute approximate surface area is 161 Å². The molecule has 0 unspecified atom stereocenters. The van der Waals surface area contributed by atoms with Gasteiger partial charge in [-0.1, -0.05) is 47.7 Å². The Morgan fingerprint density at radius 1 is 1.07 bits per heavy atom. The fourth-order valence-corrected chi connectivity index (χ4v) is 4.26. The van der Waals surface area contributed by atoms with E-state index in [1.54, 1.807) is 11.3 Å². The molecule has 1 aliphatic heterocycles. The topological polar surface area (TPSA) is 54.7 Å². The van der Waals surface area contributed by atoms with Crippen molar-refractivity contribution in [2.45, 2.75) is 0 Å². The van der Waals surface area contributed by atoms with Crippen molar-refractivity contribution in [1.82, 2.24) is 19.5 Å². The summed E-state index contributed by atoms with van der Waals surface area (Å²) in [7, 11) is 0. The molecule has 0 aliphatic carbocycles. The number of nitrogens with one attached hydrogen (secondary N) is 1. The molecule has 2 aromatic heterocycles. The van der Waals surface area contributed by atoms with Crippen LogP contribution in [0.3, 0.4) is 0 Å². The molecule has 1 N–H and O–H groups in total. The predicted molar refractivity (Wildman–Crippen MR) is 110 cm³/mol. The fraction of sp³-hybridized carbons (Fsp3) is 0.300. The lowest BCUT2D eigenvalue weighted by Gasteiger charge is -2.26. The van der Waals surface area contributed by atoms with Crippen LogP contribution in [0.15, 0.2) is 48.7 Å². The zero-order chi connectivity index (χ0) is 18.1. The standard InChI is InChI=1S/C20H21N5OS/c1-2-4-16-13-17(6-5-15(16)3-1)18-14-22-20-25(18)23-19(27-20)21-7-8-24-9-11-26-12-10-24/h1-6,13-14H,7-12H2,(H,21,23). The molecule has 0 atom stereocenters. The van der Waals surface area contributed by atoms with E-state index in [4.69, 9.17) is 9.84 Å². The van der Waals surface area contributed by atoms with Gasteiger partial charge in [0, 0.05) is 31.7 Å². The zero-order valence-electron chi connectivity index (χ0n) is 15.0. The van der Waals surface area contributed by atoms with Crippen LogP contribution in [0.5, 0.6) is 0 Å². The maximum atomic E-state index is 5.39. The highest BCUT2D eigenvalue weighted by atomic mass is 32.1. The van der Waals surface area contributed by atoms with Crippen molar-refractivity contribution in [3.63, 3.8) is 0 Å². The average Bonchev–Trinajstić information content (AvgIpc) is 3.29. The molecule has 27 heavy (non-hydrogen) atoms. The molecule has 138 valence electrons. The largest absolute Gasteiger partial charge is 0.379 e. The first-order chi connectivity index (χ1) is 13.4. The molecule has 3 heterocycles. The van der Waals surface area contributed by atoms with E-state index in [0.29, 0.717) is 0 Å². The van der Waals surface area contributed by atoms with E-state index < -0.39 is 0 Å². The minimum absolute atomic E-state index is 0.834. The van der Waals surface area contributed by atoms with Gasteiger partial charge >= 0.3 is 0 Å². The van der Waals surface area contributed by atoms with Gasteiger partial charge in [0.15, 0.2) is 0 Å². The average molecular weight is 379 g/mol. The number of anilines is 1. The van der Waals surface area contributed by atoms with Crippen LogP contribution in [-0.2, 0) is 4.74 Å². The molecule has 5 rings (SSSR count). The van der Waals surface area contributed by atoms with Crippen molar-refractivity contribution >= 4 is 32.2 Å². The number of hydrogen-bond donors (Lipinski definition) is 1. The van der Waals surface area contributed by atoms with E-state index >= 15 is 0 Å². The van der Waals surface area contributed by atoms with Crippen LogP contribution in [0, 0.1) is 0 Å². The summed E-state index contributed by atoms with van der Waals surface area (Å²) < 4.78 is 7.33. The third-order valence-corrected chi connectivity index (χ3v) is 5.82. The van der Waals surface area contributed by atoms with Gasteiger partial charge in [-0.15, -0.1) is 5.10 Å². The Bertz CT molecular complexity index is 1070. The lowest BCUT2D eigenvalue weighted by atomic mass is 10.1. The maximum absolute atomic E-state index is 5.39. The summed E-state index contributed by atoms with van der Waals surface area (Å²) in [6, 6.07) is 14.9. The Kier molecular flexibility index (Phi) is 4.49. The summed E-state index contributed by atoms with van der Waals surface area (Å²) in [6.07, 6.45) is 1.90. The molecular formula is C20H21N5OS. The normalized spacial score (nSPS) is 15.6. The van der Waals surface area contributed by atoms with Gasteiger partial charge in [-0.3, -0.25) is 4.90 Å². The number of ether oxygens (including phenoxy) is 1. The molecular weight excluding hydrogens is 358 g/mol. The third-order valence-electron chi connectivity index (χ3n) is 4.94. The Morgan fingerprint density at radius 3 is 2.81 bits per heavy atom. The van der Waals surface area contributed by atoms with Gasteiger partial charge in [0.25, 0.3) is 0 Å². The molecule has 1 fully saturated rings. The molecule has 1 saturated heterocycles. The number of fused-ring (bicyclic) bond motifs is 2. The van der Waals surface area contributed by atoms with Crippen molar-refractivity contribution in [2.75, 3.05) is 44.7 Å². The van der Waals surface area contributed by atoms with Crippen LogP contribution >= 0.6 is 11.3 Å². The molecule has 0 bridgehead atoms. The monoisotopic (exact) mass is 379 g/mol. The Morgan fingerprint density at radius 2 is 1.93 bits per heavy atom. The number of imidazole rings is 1. The Balaban J connectivity index is 1.34. The first-order valence-electron chi connectivity index (χ1n) is 9.24. The first kappa shape index (κ1) is 16.7. The summed E-state index contributed by atoms with van der Waals surface area (Å²) >= 11 is 1.59. The van der Waals surface area contributed by atoms with Crippen LogP contribution in [-0.4, -0.2) is 58.9 Å².